The van der Waals surface area contributed by atoms with Crippen LogP contribution >= 0.6 is 0 Å². The minimum atomic E-state index is -0.00583. The van der Waals surface area contributed by atoms with Crippen molar-refractivity contribution in [2.24, 2.45) is 11.1 Å². The van der Waals surface area contributed by atoms with E-state index >= 15 is 0 Å². The van der Waals surface area contributed by atoms with Crippen LogP contribution in [0, 0.1) is 12.3 Å². The number of benzene rings is 1. The highest BCUT2D eigenvalue weighted by Gasteiger charge is 2.37. The number of rotatable bonds is 7. The third-order valence-electron chi connectivity index (χ3n) is 4.31. The first kappa shape index (κ1) is 15.8. The van der Waals surface area contributed by atoms with E-state index in [9.17, 15) is 4.79 Å². The zero-order chi connectivity index (χ0) is 15.3. The van der Waals surface area contributed by atoms with Gasteiger partial charge in [-0.2, -0.15) is 0 Å². The smallest absolute Gasteiger partial charge is 0.220 e. The van der Waals surface area contributed by atoms with Crippen molar-refractivity contribution in [3.8, 4) is 5.75 Å². The minimum absolute atomic E-state index is 0.00583. The first-order valence-electron chi connectivity index (χ1n) is 7.72. The van der Waals surface area contributed by atoms with E-state index in [1.807, 2.05) is 38.1 Å². The number of aryl methyl sites for hydroxylation is 1. The molecule has 0 aliphatic heterocycles. The van der Waals surface area contributed by atoms with Crippen LogP contribution in [0.5, 0.6) is 5.75 Å². The van der Waals surface area contributed by atoms with E-state index in [1.54, 1.807) is 0 Å². The molecule has 1 aromatic rings. The number of nitrogens with two attached hydrogens (primary N) is 1. The van der Waals surface area contributed by atoms with Crippen molar-refractivity contribution in [1.82, 2.24) is 5.32 Å². The first-order valence-corrected chi connectivity index (χ1v) is 7.72. The quantitative estimate of drug-likeness (QED) is 0.810. The summed E-state index contributed by atoms with van der Waals surface area (Å²) >= 11 is 0. The van der Waals surface area contributed by atoms with Crippen LogP contribution in [0.4, 0.5) is 0 Å². The van der Waals surface area contributed by atoms with Gasteiger partial charge < -0.3 is 15.8 Å². The maximum Gasteiger partial charge on any atom is 0.220 e. The summed E-state index contributed by atoms with van der Waals surface area (Å²) < 4.78 is 5.68. The molecule has 1 amide bonds. The number of ether oxygens (including phenoxy) is 1. The van der Waals surface area contributed by atoms with Gasteiger partial charge in [-0.3, -0.25) is 4.79 Å². The van der Waals surface area contributed by atoms with Crippen LogP contribution < -0.4 is 15.8 Å². The highest BCUT2D eigenvalue weighted by atomic mass is 16.5. The minimum Gasteiger partial charge on any atom is -0.491 e. The lowest BCUT2D eigenvalue weighted by atomic mass is 9.66. The SMILES string of the molecule is Cc1ccc(OCC(C)NC(=O)CC2(CN)CCC2)cc1. The van der Waals surface area contributed by atoms with Gasteiger partial charge in [0.05, 0.1) is 6.04 Å². The van der Waals surface area contributed by atoms with Crippen LogP contribution in [0.1, 0.15) is 38.2 Å². The Morgan fingerprint density at radius 3 is 2.57 bits per heavy atom. The van der Waals surface area contributed by atoms with Crippen molar-refractivity contribution in [2.45, 2.75) is 45.6 Å². The topological polar surface area (TPSA) is 64.3 Å². The van der Waals surface area contributed by atoms with Crippen molar-refractivity contribution in [3.63, 3.8) is 0 Å². The fourth-order valence-corrected chi connectivity index (χ4v) is 2.69. The number of hydrogen-bond donors (Lipinski definition) is 2. The fraction of sp³-hybridized carbons (Fsp3) is 0.588. The third-order valence-corrected chi connectivity index (χ3v) is 4.31. The maximum absolute atomic E-state index is 12.1. The lowest BCUT2D eigenvalue weighted by Crippen LogP contribution is -2.44. The van der Waals surface area contributed by atoms with Crippen LogP contribution in [0.25, 0.3) is 0 Å². The van der Waals surface area contributed by atoms with Crippen molar-refractivity contribution in [2.75, 3.05) is 13.2 Å². The van der Waals surface area contributed by atoms with Gasteiger partial charge in [0.1, 0.15) is 12.4 Å². The normalized spacial score (nSPS) is 17.7. The second-order valence-electron chi connectivity index (χ2n) is 6.33. The maximum atomic E-state index is 12.1. The molecule has 3 N–H and O–H groups in total. The second kappa shape index (κ2) is 6.94. The lowest BCUT2D eigenvalue weighted by Gasteiger charge is -2.40. The number of hydrogen-bond acceptors (Lipinski definition) is 3. The average Bonchev–Trinajstić information content (AvgIpc) is 2.42. The second-order valence-corrected chi connectivity index (χ2v) is 6.33. The molecule has 4 heteroatoms. The molecule has 1 atom stereocenters. The molecular weight excluding hydrogens is 264 g/mol. The van der Waals surface area contributed by atoms with Gasteiger partial charge in [-0.15, -0.1) is 0 Å². The molecule has 1 fully saturated rings. The molecule has 2 rings (SSSR count). The Kier molecular flexibility index (Phi) is 5.23. The Labute approximate surface area is 127 Å². The summed E-state index contributed by atoms with van der Waals surface area (Å²) in [6.07, 6.45) is 3.88. The Balaban J connectivity index is 1.72. The molecule has 1 saturated carbocycles. The molecule has 0 radical (unpaired) electrons. The summed E-state index contributed by atoms with van der Waals surface area (Å²) in [7, 11) is 0. The van der Waals surface area contributed by atoms with Crippen molar-refractivity contribution < 1.29 is 9.53 Å². The Bertz CT molecular complexity index is 461. The summed E-state index contributed by atoms with van der Waals surface area (Å²) in [5, 5.41) is 3.00. The van der Waals surface area contributed by atoms with Gasteiger partial charge in [-0.05, 0) is 50.8 Å². The zero-order valence-corrected chi connectivity index (χ0v) is 13.0. The van der Waals surface area contributed by atoms with Gasteiger partial charge in [0.15, 0.2) is 0 Å². The summed E-state index contributed by atoms with van der Waals surface area (Å²) in [6.45, 7) is 5.08. The van der Waals surface area contributed by atoms with E-state index in [-0.39, 0.29) is 17.4 Å². The number of carbonyl (C=O) groups is 1. The third kappa shape index (κ3) is 4.46. The molecule has 1 unspecified atom stereocenters. The van der Waals surface area contributed by atoms with Gasteiger partial charge in [0.2, 0.25) is 5.91 Å². The standard InChI is InChI=1S/C17H26N2O2/c1-13-4-6-15(7-5-13)21-11-14(2)19-16(20)10-17(12-18)8-3-9-17/h4-7,14H,3,8-12,18H2,1-2H3,(H,19,20). The van der Waals surface area contributed by atoms with E-state index in [2.05, 4.69) is 5.32 Å². The van der Waals surface area contributed by atoms with E-state index in [4.69, 9.17) is 10.5 Å². The zero-order valence-electron chi connectivity index (χ0n) is 13.0. The molecule has 0 spiro atoms. The Morgan fingerprint density at radius 2 is 2.05 bits per heavy atom. The van der Waals surface area contributed by atoms with Crippen LogP contribution in [-0.2, 0) is 4.79 Å². The fourth-order valence-electron chi connectivity index (χ4n) is 2.69. The van der Waals surface area contributed by atoms with Gasteiger partial charge in [0, 0.05) is 6.42 Å². The Hall–Kier alpha value is -1.55. The van der Waals surface area contributed by atoms with Gasteiger partial charge in [-0.1, -0.05) is 24.1 Å². The highest BCUT2D eigenvalue weighted by Crippen LogP contribution is 2.42. The summed E-state index contributed by atoms with van der Waals surface area (Å²) in [5.41, 5.74) is 7.05. The van der Waals surface area contributed by atoms with Crippen molar-refractivity contribution in [1.29, 1.82) is 0 Å². The molecule has 1 aromatic carbocycles. The Morgan fingerprint density at radius 1 is 1.38 bits per heavy atom. The molecule has 116 valence electrons. The largest absolute Gasteiger partial charge is 0.491 e. The number of nitrogens with one attached hydrogen (secondary N) is 1. The first-order chi connectivity index (χ1) is 10.0. The number of amides is 1. The molecule has 1 aliphatic carbocycles. The van der Waals surface area contributed by atoms with Gasteiger partial charge in [0.25, 0.3) is 0 Å². The molecule has 0 saturated heterocycles. The summed E-state index contributed by atoms with van der Waals surface area (Å²) in [4.78, 5) is 12.1. The predicted molar refractivity (Wildman–Crippen MR) is 84.2 cm³/mol. The average molecular weight is 290 g/mol. The molecular formula is C17H26N2O2. The molecule has 0 heterocycles. The predicted octanol–water partition coefficient (Wildman–Crippen LogP) is 2.40. The van der Waals surface area contributed by atoms with Gasteiger partial charge >= 0.3 is 0 Å². The molecule has 4 nitrogen and oxygen atoms in total. The number of carbonyl (C=O) groups excluding carboxylic acids is 1. The van der Waals surface area contributed by atoms with E-state index < -0.39 is 0 Å². The van der Waals surface area contributed by atoms with E-state index in [1.165, 1.54) is 12.0 Å². The van der Waals surface area contributed by atoms with E-state index in [0.717, 1.165) is 18.6 Å². The lowest BCUT2D eigenvalue weighted by molar-refractivity contribution is -0.125. The highest BCUT2D eigenvalue weighted by molar-refractivity contribution is 5.77. The summed E-state index contributed by atoms with van der Waals surface area (Å²) in [5.74, 6) is 0.916. The molecule has 0 aromatic heterocycles. The van der Waals surface area contributed by atoms with E-state index in [0.29, 0.717) is 19.6 Å². The molecule has 21 heavy (non-hydrogen) atoms. The molecule has 1 aliphatic rings. The van der Waals surface area contributed by atoms with Gasteiger partial charge in [-0.25, -0.2) is 0 Å². The summed E-state index contributed by atoms with van der Waals surface area (Å²) in [6, 6.07) is 7.91. The monoisotopic (exact) mass is 290 g/mol. The van der Waals surface area contributed by atoms with Crippen molar-refractivity contribution in [3.05, 3.63) is 29.8 Å². The van der Waals surface area contributed by atoms with Crippen LogP contribution in [0.15, 0.2) is 24.3 Å². The van der Waals surface area contributed by atoms with Crippen LogP contribution in [0.2, 0.25) is 0 Å². The molecule has 0 bridgehead atoms. The van der Waals surface area contributed by atoms with Crippen LogP contribution in [-0.4, -0.2) is 25.1 Å². The van der Waals surface area contributed by atoms with Crippen molar-refractivity contribution >= 4 is 5.91 Å². The van der Waals surface area contributed by atoms with Crippen LogP contribution in [0.3, 0.4) is 0 Å².